The Labute approximate surface area is 113 Å². The number of aromatic nitrogens is 2. The van der Waals surface area contributed by atoms with Crippen molar-refractivity contribution in [2.75, 3.05) is 25.5 Å². The number of carbonyl (C=O) groups excluding carboxylic acids is 1. The first-order chi connectivity index (χ1) is 9.13. The molecule has 1 aromatic rings. The smallest absolute Gasteiger partial charge is 0.271 e. The summed E-state index contributed by atoms with van der Waals surface area (Å²) < 4.78 is 6.86. The molecule has 1 saturated heterocycles. The van der Waals surface area contributed by atoms with Gasteiger partial charge in [0.25, 0.3) is 5.91 Å². The summed E-state index contributed by atoms with van der Waals surface area (Å²) in [6.45, 7) is 4.22. The Balaban J connectivity index is 1.97. The fraction of sp³-hybridized carbons (Fsp3) is 0.692. The van der Waals surface area contributed by atoms with E-state index in [9.17, 15) is 4.79 Å². The number of ether oxygens (including phenoxy) is 1. The van der Waals surface area contributed by atoms with Crippen molar-refractivity contribution in [3.8, 4) is 0 Å². The molecule has 0 aromatic carbocycles. The van der Waals surface area contributed by atoms with Crippen molar-refractivity contribution < 1.29 is 9.53 Å². The second kappa shape index (κ2) is 6.06. The molecule has 106 valence electrons. The number of aryl methyl sites for hydroxylation is 2. The maximum Gasteiger partial charge on any atom is 0.271 e. The monoisotopic (exact) mass is 266 g/mol. The molecule has 1 aliphatic heterocycles. The topological polar surface area (TPSA) is 82.2 Å². The number of hydrogen-bond donors (Lipinski definition) is 2. The van der Waals surface area contributed by atoms with Crippen molar-refractivity contribution >= 4 is 11.6 Å². The van der Waals surface area contributed by atoms with Crippen molar-refractivity contribution in [3.05, 3.63) is 11.4 Å². The zero-order chi connectivity index (χ0) is 13.8. The lowest BCUT2D eigenvalue weighted by atomic mass is 10.0. The third-order valence-electron chi connectivity index (χ3n) is 3.60. The van der Waals surface area contributed by atoms with Gasteiger partial charge in [0.05, 0.1) is 11.4 Å². The van der Waals surface area contributed by atoms with Crippen LogP contribution < -0.4 is 11.1 Å². The van der Waals surface area contributed by atoms with Crippen molar-refractivity contribution in [1.29, 1.82) is 0 Å². The quantitative estimate of drug-likeness (QED) is 0.841. The largest absolute Gasteiger partial charge is 0.395 e. The molecular formula is C13H22N4O2. The molecule has 0 saturated carbocycles. The second-order valence-electron chi connectivity index (χ2n) is 4.95. The summed E-state index contributed by atoms with van der Waals surface area (Å²) >= 11 is 0. The van der Waals surface area contributed by atoms with Gasteiger partial charge in [-0.05, 0) is 25.2 Å². The van der Waals surface area contributed by atoms with Gasteiger partial charge in [-0.1, -0.05) is 6.92 Å². The van der Waals surface area contributed by atoms with Crippen LogP contribution in [0.5, 0.6) is 0 Å². The van der Waals surface area contributed by atoms with E-state index in [-0.39, 0.29) is 5.91 Å². The fourth-order valence-electron chi connectivity index (χ4n) is 2.40. The minimum Gasteiger partial charge on any atom is -0.395 e. The Morgan fingerprint density at radius 3 is 2.79 bits per heavy atom. The van der Waals surface area contributed by atoms with Gasteiger partial charge in [-0.3, -0.25) is 9.48 Å². The van der Waals surface area contributed by atoms with Gasteiger partial charge in [-0.2, -0.15) is 5.10 Å². The van der Waals surface area contributed by atoms with Crippen LogP contribution in [-0.2, 0) is 18.2 Å². The van der Waals surface area contributed by atoms with Crippen LogP contribution in [-0.4, -0.2) is 35.4 Å². The van der Waals surface area contributed by atoms with E-state index >= 15 is 0 Å². The Morgan fingerprint density at radius 1 is 1.53 bits per heavy atom. The normalized spacial score (nSPS) is 16.5. The summed E-state index contributed by atoms with van der Waals surface area (Å²) in [5.74, 6) is 0.358. The molecular weight excluding hydrogens is 244 g/mol. The highest BCUT2D eigenvalue weighted by atomic mass is 16.5. The molecule has 0 atom stereocenters. The Kier molecular flexibility index (Phi) is 4.42. The molecule has 0 aliphatic carbocycles. The average Bonchev–Trinajstić information content (AvgIpc) is 2.72. The molecule has 1 aliphatic rings. The van der Waals surface area contributed by atoms with Crippen LogP contribution in [0, 0.1) is 5.92 Å². The van der Waals surface area contributed by atoms with Gasteiger partial charge >= 0.3 is 0 Å². The first kappa shape index (κ1) is 13.9. The summed E-state index contributed by atoms with van der Waals surface area (Å²) in [4.78, 5) is 12.2. The van der Waals surface area contributed by atoms with Crippen LogP contribution >= 0.6 is 0 Å². The lowest BCUT2D eigenvalue weighted by Crippen LogP contribution is -2.33. The van der Waals surface area contributed by atoms with Gasteiger partial charge in [0.1, 0.15) is 5.69 Å². The standard InChI is InChI=1S/C13H22N4O2/c1-3-10-11(14)12(17(2)16-10)13(18)15-8-9-4-6-19-7-5-9/h9H,3-8,14H2,1-2H3,(H,15,18). The minimum absolute atomic E-state index is 0.140. The maximum atomic E-state index is 12.2. The highest BCUT2D eigenvalue weighted by Gasteiger charge is 2.20. The van der Waals surface area contributed by atoms with Crippen LogP contribution in [0.15, 0.2) is 0 Å². The first-order valence-electron chi connectivity index (χ1n) is 6.80. The number of nitrogen functional groups attached to an aromatic ring is 1. The minimum atomic E-state index is -0.140. The number of nitrogens with one attached hydrogen (secondary N) is 1. The van der Waals surface area contributed by atoms with Gasteiger partial charge in [-0.25, -0.2) is 0 Å². The zero-order valence-corrected chi connectivity index (χ0v) is 11.6. The van der Waals surface area contributed by atoms with Gasteiger partial charge in [0.15, 0.2) is 0 Å². The first-order valence-corrected chi connectivity index (χ1v) is 6.80. The van der Waals surface area contributed by atoms with E-state index < -0.39 is 0 Å². The molecule has 0 bridgehead atoms. The van der Waals surface area contributed by atoms with E-state index in [0.717, 1.165) is 38.2 Å². The van der Waals surface area contributed by atoms with Crippen LogP contribution in [0.4, 0.5) is 5.69 Å². The van der Waals surface area contributed by atoms with E-state index in [1.54, 1.807) is 11.7 Å². The summed E-state index contributed by atoms with van der Waals surface area (Å²) in [6.07, 6.45) is 2.73. The number of carbonyl (C=O) groups is 1. The number of hydrogen-bond acceptors (Lipinski definition) is 4. The Hall–Kier alpha value is -1.56. The highest BCUT2D eigenvalue weighted by molar-refractivity contribution is 5.97. The van der Waals surface area contributed by atoms with Crippen molar-refractivity contribution in [2.45, 2.75) is 26.2 Å². The molecule has 1 amide bonds. The Bertz CT molecular complexity index is 450. The van der Waals surface area contributed by atoms with E-state index in [1.807, 2.05) is 6.92 Å². The zero-order valence-electron chi connectivity index (χ0n) is 11.6. The average molecular weight is 266 g/mol. The van der Waals surface area contributed by atoms with Crippen molar-refractivity contribution in [1.82, 2.24) is 15.1 Å². The van der Waals surface area contributed by atoms with E-state index in [4.69, 9.17) is 10.5 Å². The van der Waals surface area contributed by atoms with Crippen LogP contribution in [0.25, 0.3) is 0 Å². The third kappa shape index (κ3) is 3.07. The predicted molar refractivity (Wildman–Crippen MR) is 72.9 cm³/mol. The summed E-state index contributed by atoms with van der Waals surface area (Å²) in [5, 5.41) is 7.21. The molecule has 0 unspecified atom stereocenters. The van der Waals surface area contributed by atoms with Crippen LogP contribution in [0.1, 0.15) is 35.9 Å². The van der Waals surface area contributed by atoms with Gasteiger partial charge in [0, 0.05) is 26.8 Å². The second-order valence-corrected chi connectivity index (χ2v) is 4.95. The molecule has 0 spiro atoms. The third-order valence-corrected chi connectivity index (χ3v) is 3.60. The summed E-state index contributed by atoms with van der Waals surface area (Å²) in [6, 6.07) is 0. The molecule has 6 nitrogen and oxygen atoms in total. The van der Waals surface area contributed by atoms with E-state index in [1.165, 1.54) is 0 Å². The number of nitrogens with zero attached hydrogens (tertiary/aromatic N) is 2. The highest BCUT2D eigenvalue weighted by Crippen LogP contribution is 2.17. The predicted octanol–water partition coefficient (Wildman–Crippen LogP) is 0.721. The molecule has 3 N–H and O–H groups in total. The number of rotatable bonds is 4. The van der Waals surface area contributed by atoms with Gasteiger partial charge in [-0.15, -0.1) is 0 Å². The number of anilines is 1. The molecule has 2 heterocycles. The van der Waals surface area contributed by atoms with Crippen LogP contribution in [0.2, 0.25) is 0 Å². The van der Waals surface area contributed by atoms with Crippen molar-refractivity contribution in [2.24, 2.45) is 13.0 Å². The molecule has 6 heteroatoms. The lowest BCUT2D eigenvalue weighted by Gasteiger charge is -2.22. The molecule has 0 radical (unpaired) electrons. The lowest BCUT2D eigenvalue weighted by molar-refractivity contribution is 0.0641. The number of amides is 1. The van der Waals surface area contributed by atoms with E-state index in [0.29, 0.717) is 23.8 Å². The van der Waals surface area contributed by atoms with Crippen LogP contribution in [0.3, 0.4) is 0 Å². The number of nitrogens with two attached hydrogens (primary N) is 1. The molecule has 1 aromatic heterocycles. The maximum absolute atomic E-state index is 12.2. The SMILES string of the molecule is CCc1nn(C)c(C(=O)NCC2CCOCC2)c1N. The molecule has 2 rings (SSSR count). The van der Waals surface area contributed by atoms with Gasteiger partial charge < -0.3 is 15.8 Å². The summed E-state index contributed by atoms with van der Waals surface area (Å²) in [5.41, 5.74) is 7.69. The summed E-state index contributed by atoms with van der Waals surface area (Å²) in [7, 11) is 1.75. The molecule has 1 fully saturated rings. The van der Waals surface area contributed by atoms with Crippen molar-refractivity contribution in [3.63, 3.8) is 0 Å². The molecule has 19 heavy (non-hydrogen) atoms. The van der Waals surface area contributed by atoms with E-state index in [2.05, 4.69) is 10.4 Å². The Morgan fingerprint density at radius 2 is 2.21 bits per heavy atom. The van der Waals surface area contributed by atoms with Gasteiger partial charge in [0.2, 0.25) is 0 Å². The fourth-order valence-corrected chi connectivity index (χ4v) is 2.40.